The first-order valence-electron chi connectivity index (χ1n) is 19.4. The maximum absolute atomic E-state index is 12.1. The van der Waals surface area contributed by atoms with Gasteiger partial charge in [0.25, 0.3) is 0 Å². The van der Waals surface area contributed by atoms with Gasteiger partial charge in [0.1, 0.15) is 37.1 Å². The van der Waals surface area contributed by atoms with Crippen LogP contribution in [0.4, 0.5) is 4.79 Å². The number of carbonyl (C=O) groups is 2. The summed E-state index contributed by atoms with van der Waals surface area (Å²) >= 11 is 0. The van der Waals surface area contributed by atoms with E-state index in [0.29, 0.717) is 11.3 Å². The SMILES string of the molecule is C=C(C)C(=O)OCCNC(=O)OCCOc1ccc(C2(c3ccccc3)C=Cc3c4c(c5ccc(OC)cc5c3O2)-c2ccc(-c3ccccc3)cc2C4(C)C)cc1. The number of fused-ring (bicyclic) bond motifs is 8. The normalized spacial score (nSPS) is 15.7. The highest BCUT2D eigenvalue weighted by Crippen LogP contribution is 2.58. The molecule has 0 spiro atoms. The molecule has 1 amide bonds. The van der Waals surface area contributed by atoms with Gasteiger partial charge in [0.15, 0.2) is 5.60 Å². The van der Waals surface area contributed by atoms with Crippen LogP contribution in [0.2, 0.25) is 0 Å². The molecule has 8 rings (SSSR count). The molecule has 1 heterocycles. The van der Waals surface area contributed by atoms with Gasteiger partial charge in [0.2, 0.25) is 0 Å². The highest BCUT2D eigenvalue weighted by molar-refractivity contribution is 6.09. The minimum Gasteiger partial charge on any atom is -0.497 e. The van der Waals surface area contributed by atoms with Crippen molar-refractivity contribution in [1.82, 2.24) is 5.32 Å². The van der Waals surface area contributed by atoms with Crippen molar-refractivity contribution >= 4 is 28.9 Å². The van der Waals surface area contributed by atoms with E-state index in [1.54, 1.807) is 14.0 Å². The molecule has 292 valence electrons. The van der Waals surface area contributed by atoms with E-state index in [9.17, 15) is 9.59 Å². The molecule has 1 unspecified atom stereocenters. The molecule has 1 aliphatic heterocycles. The van der Waals surface area contributed by atoms with Gasteiger partial charge in [-0.3, -0.25) is 0 Å². The van der Waals surface area contributed by atoms with E-state index in [0.717, 1.165) is 39.0 Å². The summed E-state index contributed by atoms with van der Waals surface area (Å²) in [6.07, 6.45) is 3.79. The highest BCUT2D eigenvalue weighted by atomic mass is 16.6. The number of alkyl carbamates (subject to hydrolysis) is 1. The molecular weight excluding hydrogens is 727 g/mol. The van der Waals surface area contributed by atoms with Gasteiger partial charge in [-0.15, -0.1) is 0 Å². The third-order valence-electron chi connectivity index (χ3n) is 11.0. The van der Waals surface area contributed by atoms with E-state index in [1.807, 2.05) is 54.6 Å². The zero-order chi connectivity index (χ0) is 40.4. The van der Waals surface area contributed by atoms with Crippen molar-refractivity contribution in [1.29, 1.82) is 0 Å². The Morgan fingerprint density at radius 2 is 1.45 bits per heavy atom. The molecule has 0 fully saturated rings. The number of carbonyl (C=O) groups excluding carboxylic acids is 2. The minimum atomic E-state index is -0.965. The lowest BCUT2D eigenvalue weighted by molar-refractivity contribution is -0.138. The number of methoxy groups -OCH3 is 1. The third kappa shape index (κ3) is 6.95. The number of esters is 1. The second-order valence-electron chi connectivity index (χ2n) is 15.0. The van der Waals surface area contributed by atoms with Crippen LogP contribution >= 0.6 is 0 Å². The van der Waals surface area contributed by atoms with E-state index in [1.165, 1.54) is 33.4 Å². The van der Waals surface area contributed by atoms with Gasteiger partial charge in [-0.1, -0.05) is 111 Å². The lowest BCUT2D eigenvalue weighted by Gasteiger charge is -2.38. The molecule has 0 bridgehead atoms. The van der Waals surface area contributed by atoms with Crippen LogP contribution in [0.25, 0.3) is 39.1 Å². The maximum Gasteiger partial charge on any atom is 0.407 e. The fourth-order valence-corrected chi connectivity index (χ4v) is 8.13. The van der Waals surface area contributed by atoms with Crippen LogP contribution < -0.4 is 19.5 Å². The van der Waals surface area contributed by atoms with Crippen LogP contribution in [0, 0.1) is 0 Å². The molecule has 8 heteroatoms. The first kappa shape index (κ1) is 38.1. The number of hydrogen-bond acceptors (Lipinski definition) is 7. The Kier molecular flexibility index (Phi) is 10.3. The van der Waals surface area contributed by atoms with Gasteiger partial charge in [-0.2, -0.15) is 0 Å². The number of amides is 1. The fourth-order valence-electron chi connectivity index (χ4n) is 8.13. The van der Waals surface area contributed by atoms with E-state index >= 15 is 0 Å². The lowest BCUT2D eigenvalue weighted by atomic mass is 9.76. The zero-order valence-corrected chi connectivity index (χ0v) is 33.1. The minimum absolute atomic E-state index is 0.0213. The average Bonchev–Trinajstić information content (AvgIpc) is 3.50. The Bertz CT molecular complexity index is 2560. The fraction of sp³-hybridized carbons (Fsp3) is 0.200. The summed E-state index contributed by atoms with van der Waals surface area (Å²) in [6, 6.07) is 41.7. The van der Waals surface area contributed by atoms with Crippen LogP contribution in [0.15, 0.2) is 140 Å². The number of rotatable bonds is 12. The van der Waals surface area contributed by atoms with Crippen molar-refractivity contribution in [3.63, 3.8) is 0 Å². The molecule has 1 atom stereocenters. The van der Waals surface area contributed by atoms with Crippen LogP contribution in [0.5, 0.6) is 17.2 Å². The van der Waals surface area contributed by atoms with Crippen LogP contribution in [0.3, 0.4) is 0 Å². The lowest BCUT2D eigenvalue weighted by Crippen LogP contribution is -2.35. The van der Waals surface area contributed by atoms with Crippen LogP contribution in [-0.2, 0) is 25.3 Å². The van der Waals surface area contributed by atoms with Gasteiger partial charge in [-0.25, -0.2) is 9.59 Å². The van der Waals surface area contributed by atoms with Gasteiger partial charge in [0, 0.05) is 33.1 Å². The molecule has 6 aromatic carbocycles. The van der Waals surface area contributed by atoms with Crippen molar-refractivity contribution in [3.05, 3.63) is 167 Å². The summed E-state index contributed by atoms with van der Waals surface area (Å²) in [6.45, 7) is 10.0. The quantitative estimate of drug-likeness (QED) is 0.0752. The maximum atomic E-state index is 12.1. The molecular formula is C50H45NO7. The smallest absolute Gasteiger partial charge is 0.407 e. The Labute approximate surface area is 338 Å². The van der Waals surface area contributed by atoms with Crippen molar-refractivity contribution in [3.8, 4) is 39.5 Å². The number of ether oxygens (including phenoxy) is 5. The van der Waals surface area contributed by atoms with E-state index in [4.69, 9.17) is 23.7 Å². The van der Waals surface area contributed by atoms with E-state index < -0.39 is 17.7 Å². The summed E-state index contributed by atoms with van der Waals surface area (Å²) in [5, 5.41) is 4.63. The molecule has 2 aliphatic rings. The third-order valence-corrected chi connectivity index (χ3v) is 11.0. The summed E-state index contributed by atoms with van der Waals surface area (Å²) in [7, 11) is 1.69. The first-order valence-corrected chi connectivity index (χ1v) is 19.4. The Hall–Kier alpha value is -6.80. The van der Waals surface area contributed by atoms with Gasteiger partial charge in [-0.05, 0) is 88.2 Å². The van der Waals surface area contributed by atoms with Gasteiger partial charge in [0.05, 0.1) is 13.7 Å². The molecule has 0 aromatic heterocycles. The number of hydrogen-bond donors (Lipinski definition) is 1. The molecule has 0 radical (unpaired) electrons. The van der Waals surface area contributed by atoms with Crippen molar-refractivity contribution in [2.45, 2.75) is 31.8 Å². The Morgan fingerprint density at radius 3 is 2.17 bits per heavy atom. The first-order chi connectivity index (χ1) is 28.1. The monoisotopic (exact) mass is 771 g/mol. The van der Waals surface area contributed by atoms with Crippen LogP contribution in [0.1, 0.15) is 48.6 Å². The molecule has 1 N–H and O–H groups in total. The van der Waals surface area contributed by atoms with E-state index in [-0.39, 0.29) is 31.8 Å². The summed E-state index contributed by atoms with van der Waals surface area (Å²) in [5.41, 5.74) is 9.32. The summed E-state index contributed by atoms with van der Waals surface area (Å²) in [5.74, 6) is 1.66. The van der Waals surface area contributed by atoms with Crippen molar-refractivity contribution in [2.75, 3.05) is 33.5 Å². The average molecular weight is 772 g/mol. The predicted octanol–water partition coefficient (Wildman–Crippen LogP) is 10.4. The zero-order valence-electron chi connectivity index (χ0n) is 33.1. The number of nitrogens with one attached hydrogen (secondary N) is 1. The molecule has 0 saturated carbocycles. The van der Waals surface area contributed by atoms with Crippen LogP contribution in [-0.4, -0.2) is 45.5 Å². The molecule has 6 aromatic rings. The van der Waals surface area contributed by atoms with Gasteiger partial charge < -0.3 is 29.0 Å². The Balaban J connectivity index is 1.10. The molecule has 1 aliphatic carbocycles. The second-order valence-corrected chi connectivity index (χ2v) is 15.0. The number of benzene rings is 6. The molecule has 58 heavy (non-hydrogen) atoms. The van der Waals surface area contributed by atoms with Gasteiger partial charge >= 0.3 is 12.1 Å². The largest absolute Gasteiger partial charge is 0.497 e. The van der Waals surface area contributed by atoms with Crippen molar-refractivity contribution in [2.24, 2.45) is 0 Å². The molecule has 0 saturated heterocycles. The molecule has 8 nitrogen and oxygen atoms in total. The predicted molar refractivity (Wildman–Crippen MR) is 227 cm³/mol. The standard InChI is InChI=1S/C50H45NO7/c1-32(2)47(52)56-27-26-51-48(53)57-29-28-55-37-19-17-36(18-20-37)50(35-14-10-7-11-15-35)25-24-41-45-44(39-23-21-38(54-5)31-42(39)46(41)58-50)40-22-16-34(30-43(40)49(45,3)4)33-12-8-6-9-13-33/h6-25,30-31H,1,26-29H2,2-5H3,(H,51,53). The highest BCUT2D eigenvalue weighted by Gasteiger charge is 2.44. The topological polar surface area (TPSA) is 92.3 Å². The second kappa shape index (κ2) is 15.6. The summed E-state index contributed by atoms with van der Waals surface area (Å²) in [4.78, 5) is 23.6. The Morgan fingerprint density at radius 1 is 0.741 bits per heavy atom. The van der Waals surface area contributed by atoms with E-state index in [2.05, 4.69) is 105 Å². The summed E-state index contributed by atoms with van der Waals surface area (Å²) < 4.78 is 29.4. The van der Waals surface area contributed by atoms with Crippen molar-refractivity contribution < 1.29 is 33.3 Å².